The van der Waals surface area contributed by atoms with Crippen LogP contribution in [0.1, 0.15) is 5.56 Å². The van der Waals surface area contributed by atoms with Crippen molar-refractivity contribution in [2.24, 2.45) is 5.10 Å². The fraction of sp³-hybridized carbons (Fsp3) is 0.125. The highest BCUT2D eigenvalue weighted by molar-refractivity contribution is 6.35. The zero-order valence-electron chi connectivity index (χ0n) is 12.6. The van der Waals surface area contributed by atoms with Crippen molar-refractivity contribution in [3.05, 3.63) is 57.0 Å². The number of carbonyl (C=O) groups excluding carboxylic acids is 1. The molecule has 1 amide bonds. The van der Waals surface area contributed by atoms with Crippen LogP contribution in [0.3, 0.4) is 0 Å². The van der Waals surface area contributed by atoms with Crippen LogP contribution in [0.15, 0.2) is 41.5 Å². The lowest BCUT2D eigenvalue weighted by atomic mass is 10.2. The van der Waals surface area contributed by atoms with E-state index in [-0.39, 0.29) is 6.61 Å². The first kappa shape index (κ1) is 18.4. The van der Waals surface area contributed by atoms with Gasteiger partial charge in [0, 0.05) is 15.6 Å². The number of ether oxygens (including phenoxy) is 2. The number of amides is 1. The molecule has 2 rings (SSSR count). The molecule has 0 radical (unpaired) electrons. The second-order valence-electron chi connectivity index (χ2n) is 4.54. The minimum absolute atomic E-state index is 0.245. The van der Waals surface area contributed by atoms with Crippen molar-refractivity contribution in [3.8, 4) is 11.5 Å². The average molecular weight is 388 g/mol. The Kier molecular flexibility index (Phi) is 6.73. The number of nitrogens with one attached hydrogen (secondary N) is 1. The lowest BCUT2D eigenvalue weighted by molar-refractivity contribution is -0.123. The fourth-order valence-corrected chi connectivity index (χ4v) is 2.39. The third-order valence-corrected chi connectivity index (χ3v) is 3.60. The molecule has 1 N–H and O–H groups in total. The Morgan fingerprint density at radius 2 is 1.79 bits per heavy atom. The van der Waals surface area contributed by atoms with Gasteiger partial charge in [-0.3, -0.25) is 4.79 Å². The number of nitrogens with zero attached hydrogens (tertiary/aromatic N) is 1. The van der Waals surface area contributed by atoms with E-state index in [9.17, 15) is 4.79 Å². The van der Waals surface area contributed by atoms with Crippen LogP contribution in [0.4, 0.5) is 0 Å². The van der Waals surface area contributed by atoms with Crippen molar-refractivity contribution in [2.75, 3.05) is 13.7 Å². The summed E-state index contributed by atoms with van der Waals surface area (Å²) >= 11 is 17.6. The van der Waals surface area contributed by atoms with Crippen LogP contribution in [0.5, 0.6) is 11.5 Å². The van der Waals surface area contributed by atoms with Gasteiger partial charge >= 0.3 is 0 Å². The van der Waals surface area contributed by atoms with Crippen LogP contribution in [0.2, 0.25) is 15.1 Å². The number of methoxy groups -OCH3 is 1. The number of halogens is 3. The van der Waals surface area contributed by atoms with Crippen LogP contribution in [-0.4, -0.2) is 25.8 Å². The molecule has 0 saturated carbocycles. The van der Waals surface area contributed by atoms with Crippen LogP contribution in [0.25, 0.3) is 0 Å². The van der Waals surface area contributed by atoms with Gasteiger partial charge in [-0.1, -0.05) is 34.8 Å². The molecule has 5 nitrogen and oxygen atoms in total. The highest BCUT2D eigenvalue weighted by Gasteiger charge is 2.06. The summed E-state index contributed by atoms with van der Waals surface area (Å²) in [4.78, 5) is 11.7. The molecule has 2 aromatic rings. The van der Waals surface area contributed by atoms with Crippen molar-refractivity contribution in [1.29, 1.82) is 0 Å². The maximum Gasteiger partial charge on any atom is 0.277 e. The van der Waals surface area contributed by atoms with Crippen LogP contribution >= 0.6 is 34.8 Å². The van der Waals surface area contributed by atoms with Gasteiger partial charge in [-0.15, -0.1) is 0 Å². The summed E-state index contributed by atoms with van der Waals surface area (Å²) in [5.41, 5.74) is 2.97. The smallest absolute Gasteiger partial charge is 0.277 e. The second kappa shape index (κ2) is 8.78. The summed E-state index contributed by atoms with van der Waals surface area (Å²) in [6, 6.07) is 9.79. The summed E-state index contributed by atoms with van der Waals surface area (Å²) in [5.74, 6) is 0.497. The number of rotatable bonds is 6. The maximum absolute atomic E-state index is 11.7. The van der Waals surface area contributed by atoms with Gasteiger partial charge in [-0.25, -0.2) is 5.43 Å². The van der Waals surface area contributed by atoms with E-state index in [1.807, 2.05) is 0 Å². The Labute approximate surface area is 154 Å². The van der Waals surface area contributed by atoms with E-state index in [1.165, 1.54) is 19.4 Å². The van der Waals surface area contributed by atoms with Gasteiger partial charge in [0.25, 0.3) is 5.91 Å². The highest BCUT2D eigenvalue weighted by atomic mass is 35.5. The average Bonchev–Trinajstić information content (AvgIpc) is 2.54. The Bertz CT molecular complexity index is 766. The standard InChI is InChI=1S/C16H13Cl3N2O3/c1-23-14-4-2-11(17)6-10(14)8-20-21-16(22)9-24-15-5-3-12(18)7-13(15)19/h2-8H,9H2,1H3,(H,21,22)/b20-8-. The predicted molar refractivity (Wildman–Crippen MR) is 95.7 cm³/mol. The Balaban J connectivity index is 1.90. The molecule has 126 valence electrons. The quantitative estimate of drug-likeness (QED) is 0.597. The SMILES string of the molecule is COc1ccc(Cl)cc1/C=N\NC(=O)COc1ccc(Cl)cc1Cl. The molecule has 0 saturated heterocycles. The third kappa shape index (κ3) is 5.30. The number of benzene rings is 2. The summed E-state index contributed by atoms with van der Waals surface area (Å²) < 4.78 is 10.5. The normalized spacial score (nSPS) is 10.7. The molecular formula is C16H13Cl3N2O3. The molecule has 0 bridgehead atoms. The number of hydrogen-bond donors (Lipinski definition) is 1. The summed E-state index contributed by atoms with van der Waals surface area (Å²) in [5, 5.41) is 5.18. The fourth-order valence-electron chi connectivity index (χ4n) is 1.75. The molecule has 2 aromatic carbocycles. The third-order valence-electron chi connectivity index (χ3n) is 2.84. The molecule has 0 aliphatic heterocycles. The maximum atomic E-state index is 11.7. The largest absolute Gasteiger partial charge is 0.496 e. The van der Waals surface area contributed by atoms with Crippen molar-refractivity contribution in [3.63, 3.8) is 0 Å². The van der Waals surface area contributed by atoms with Crippen molar-refractivity contribution in [1.82, 2.24) is 5.43 Å². The zero-order chi connectivity index (χ0) is 17.5. The van der Waals surface area contributed by atoms with Gasteiger partial charge in [0.15, 0.2) is 6.61 Å². The van der Waals surface area contributed by atoms with Crippen LogP contribution in [-0.2, 0) is 4.79 Å². The number of carbonyl (C=O) groups is 1. The summed E-state index contributed by atoms with van der Waals surface area (Å²) in [6.07, 6.45) is 1.43. The van der Waals surface area contributed by atoms with E-state index in [4.69, 9.17) is 44.3 Å². The Morgan fingerprint density at radius 1 is 1.12 bits per heavy atom. The van der Waals surface area contributed by atoms with Gasteiger partial charge in [0.05, 0.1) is 18.3 Å². The van der Waals surface area contributed by atoms with Gasteiger partial charge in [-0.05, 0) is 36.4 Å². The van der Waals surface area contributed by atoms with E-state index in [2.05, 4.69) is 10.5 Å². The molecule has 8 heteroatoms. The Morgan fingerprint density at radius 3 is 2.46 bits per heavy atom. The minimum Gasteiger partial charge on any atom is -0.496 e. The summed E-state index contributed by atoms with van der Waals surface area (Å²) in [7, 11) is 1.53. The van der Waals surface area contributed by atoms with Gasteiger partial charge in [0.1, 0.15) is 11.5 Å². The summed E-state index contributed by atoms with van der Waals surface area (Å²) in [6.45, 7) is -0.245. The van der Waals surface area contributed by atoms with Crippen LogP contribution < -0.4 is 14.9 Å². The van der Waals surface area contributed by atoms with Crippen molar-refractivity contribution >= 4 is 46.9 Å². The van der Waals surface area contributed by atoms with E-state index in [0.717, 1.165) is 0 Å². The topological polar surface area (TPSA) is 59.9 Å². The van der Waals surface area contributed by atoms with E-state index >= 15 is 0 Å². The molecule has 0 aliphatic rings. The molecule has 0 atom stereocenters. The number of hydrazone groups is 1. The number of hydrogen-bond acceptors (Lipinski definition) is 4. The lowest BCUT2D eigenvalue weighted by Crippen LogP contribution is -2.24. The molecule has 0 aromatic heterocycles. The van der Waals surface area contributed by atoms with E-state index < -0.39 is 5.91 Å². The van der Waals surface area contributed by atoms with Crippen LogP contribution in [0, 0.1) is 0 Å². The van der Waals surface area contributed by atoms with Gasteiger partial charge < -0.3 is 9.47 Å². The molecule has 0 spiro atoms. The predicted octanol–water partition coefficient (Wildman–Crippen LogP) is 4.18. The molecule has 0 heterocycles. The van der Waals surface area contributed by atoms with E-state index in [0.29, 0.717) is 32.1 Å². The second-order valence-corrected chi connectivity index (χ2v) is 5.82. The highest BCUT2D eigenvalue weighted by Crippen LogP contribution is 2.27. The van der Waals surface area contributed by atoms with E-state index in [1.54, 1.807) is 30.3 Å². The molecule has 0 unspecified atom stereocenters. The van der Waals surface area contributed by atoms with Crippen molar-refractivity contribution in [2.45, 2.75) is 0 Å². The molecular weight excluding hydrogens is 375 g/mol. The van der Waals surface area contributed by atoms with Gasteiger partial charge in [-0.2, -0.15) is 5.10 Å². The Hall–Kier alpha value is -1.95. The van der Waals surface area contributed by atoms with Gasteiger partial charge in [0.2, 0.25) is 0 Å². The first-order valence-corrected chi connectivity index (χ1v) is 7.86. The first-order valence-electron chi connectivity index (χ1n) is 6.73. The van der Waals surface area contributed by atoms with Crippen molar-refractivity contribution < 1.29 is 14.3 Å². The first-order chi connectivity index (χ1) is 11.5. The lowest BCUT2D eigenvalue weighted by Gasteiger charge is -2.07. The monoisotopic (exact) mass is 386 g/mol. The minimum atomic E-state index is -0.446. The molecule has 24 heavy (non-hydrogen) atoms. The zero-order valence-corrected chi connectivity index (χ0v) is 14.8. The molecule has 0 aliphatic carbocycles. The molecule has 0 fully saturated rings.